The summed E-state index contributed by atoms with van der Waals surface area (Å²) in [5.41, 5.74) is 0.902. The number of hydrogen-bond acceptors (Lipinski definition) is 3. The zero-order valence-corrected chi connectivity index (χ0v) is 12.8. The minimum Gasteiger partial charge on any atom is -0.544 e. The summed E-state index contributed by atoms with van der Waals surface area (Å²) in [6.07, 6.45) is 0. The van der Waals surface area contributed by atoms with Crippen molar-refractivity contribution in [1.29, 1.82) is 0 Å². The number of nitro groups is 1. The monoisotopic (exact) mass is 279 g/mol. The molecule has 0 atom stereocenters. The number of nitro benzene ring substituents is 1. The molecule has 0 unspecified atom stereocenters. The van der Waals surface area contributed by atoms with Crippen LogP contribution < -0.4 is 0 Å². The van der Waals surface area contributed by atoms with E-state index in [1.165, 1.54) is 12.1 Å². The molecule has 0 aliphatic carbocycles. The fourth-order valence-corrected chi connectivity index (χ4v) is 4.63. The standard InChI is InChI=1S/C14H21NO3Si/c1-5-19(6-2,7-3)18-12(4)13-8-10-14(11-9-13)15(16)17/h8-11H,4-7H2,1-3H3. The summed E-state index contributed by atoms with van der Waals surface area (Å²) in [4.78, 5) is 10.2. The Bertz CT molecular complexity index is 444. The third-order valence-corrected chi connectivity index (χ3v) is 8.22. The van der Waals surface area contributed by atoms with E-state index in [4.69, 9.17) is 4.43 Å². The van der Waals surface area contributed by atoms with E-state index >= 15 is 0 Å². The van der Waals surface area contributed by atoms with Crippen LogP contribution in [0.5, 0.6) is 0 Å². The predicted molar refractivity (Wildman–Crippen MR) is 80.4 cm³/mol. The fourth-order valence-electron chi connectivity index (χ4n) is 2.06. The average molecular weight is 279 g/mol. The molecule has 0 aliphatic heterocycles. The van der Waals surface area contributed by atoms with Crippen LogP contribution in [-0.4, -0.2) is 13.2 Å². The molecule has 0 saturated carbocycles. The number of rotatable bonds is 7. The summed E-state index contributed by atoms with van der Waals surface area (Å²) < 4.78 is 6.15. The van der Waals surface area contributed by atoms with Crippen LogP contribution in [0.25, 0.3) is 5.76 Å². The minimum absolute atomic E-state index is 0.0848. The average Bonchev–Trinajstić information content (AvgIpc) is 2.45. The highest BCUT2D eigenvalue weighted by molar-refractivity contribution is 6.74. The zero-order chi connectivity index (χ0) is 14.5. The fraction of sp³-hybridized carbons (Fsp3) is 0.429. The summed E-state index contributed by atoms with van der Waals surface area (Å²) >= 11 is 0. The molecule has 0 N–H and O–H groups in total. The first-order chi connectivity index (χ1) is 8.98. The third-order valence-electron chi connectivity index (χ3n) is 3.67. The second kappa shape index (κ2) is 6.52. The number of nitrogens with zero attached hydrogens (tertiary/aromatic N) is 1. The third kappa shape index (κ3) is 3.67. The van der Waals surface area contributed by atoms with Crippen molar-refractivity contribution in [3.8, 4) is 0 Å². The second-order valence-corrected chi connectivity index (χ2v) is 9.26. The van der Waals surface area contributed by atoms with Crippen molar-refractivity contribution in [2.75, 3.05) is 0 Å². The van der Waals surface area contributed by atoms with Gasteiger partial charge in [0.15, 0.2) is 0 Å². The Hall–Kier alpha value is -1.62. The molecule has 1 aromatic carbocycles. The minimum atomic E-state index is -1.73. The Kier molecular flexibility index (Phi) is 5.29. The molecule has 0 saturated heterocycles. The van der Waals surface area contributed by atoms with Crippen LogP contribution in [0.2, 0.25) is 18.1 Å². The van der Waals surface area contributed by atoms with Crippen LogP contribution in [0.15, 0.2) is 30.8 Å². The Morgan fingerprint density at radius 3 is 2.05 bits per heavy atom. The van der Waals surface area contributed by atoms with Gasteiger partial charge in [-0.15, -0.1) is 0 Å². The SMILES string of the molecule is C=C(O[Si](CC)(CC)CC)c1ccc([N+](=O)[O-])cc1. The molecule has 1 rings (SSSR count). The van der Waals surface area contributed by atoms with Gasteiger partial charge in [0.2, 0.25) is 8.32 Å². The van der Waals surface area contributed by atoms with Crippen LogP contribution in [-0.2, 0) is 4.43 Å². The van der Waals surface area contributed by atoms with Crippen LogP contribution in [0.4, 0.5) is 5.69 Å². The highest BCUT2D eigenvalue weighted by Crippen LogP contribution is 2.28. The first kappa shape index (κ1) is 15.4. The van der Waals surface area contributed by atoms with Gasteiger partial charge in [-0.2, -0.15) is 0 Å². The van der Waals surface area contributed by atoms with Crippen LogP contribution >= 0.6 is 0 Å². The van der Waals surface area contributed by atoms with Gasteiger partial charge in [-0.1, -0.05) is 27.4 Å². The van der Waals surface area contributed by atoms with Gasteiger partial charge in [-0.3, -0.25) is 10.1 Å². The van der Waals surface area contributed by atoms with Crippen molar-refractivity contribution in [1.82, 2.24) is 0 Å². The smallest absolute Gasteiger partial charge is 0.269 e. The maximum atomic E-state index is 10.6. The zero-order valence-electron chi connectivity index (χ0n) is 11.8. The van der Waals surface area contributed by atoms with Crippen LogP contribution in [0, 0.1) is 10.1 Å². The van der Waals surface area contributed by atoms with E-state index in [0.29, 0.717) is 5.76 Å². The molecule has 104 valence electrons. The van der Waals surface area contributed by atoms with E-state index in [0.717, 1.165) is 23.7 Å². The molecule has 0 bridgehead atoms. The normalized spacial score (nSPS) is 11.1. The first-order valence-electron chi connectivity index (χ1n) is 6.60. The second-order valence-electron chi connectivity index (χ2n) is 4.57. The van der Waals surface area contributed by atoms with Gasteiger partial charge in [0, 0.05) is 17.7 Å². The van der Waals surface area contributed by atoms with Gasteiger partial charge >= 0.3 is 0 Å². The van der Waals surface area contributed by atoms with Crippen molar-refractivity contribution in [2.45, 2.75) is 38.9 Å². The molecule has 5 heteroatoms. The molecule has 4 nitrogen and oxygen atoms in total. The maximum absolute atomic E-state index is 10.6. The van der Waals surface area contributed by atoms with Gasteiger partial charge in [-0.25, -0.2) is 0 Å². The lowest BCUT2D eigenvalue weighted by Crippen LogP contribution is -2.34. The van der Waals surface area contributed by atoms with Gasteiger partial charge < -0.3 is 4.43 Å². The Morgan fingerprint density at radius 1 is 1.21 bits per heavy atom. The molecule has 0 amide bonds. The van der Waals surface area contributed by atoms with E-state index in [9.17, 15) is 10.1 Å². The van der Waals surface area contributed by atoms with Crippen molar-refractivity contribution >= 4 is 19.8 Å². The molecular weight excluding hydrogens is 258 g/mol. The Morgan fingerprint density at radius 2 is 1.68 bits per heavy atom. The molecule has 1 aromatic rings. The topological polar surface area (TPSA) is 52.4 Å². The highest BCUT2D eigenvalue weighted by atomic mass is 28.4. The van der Waals surface area contributed by atoms with Crippen molar-refractivity contribution < 1.29 is 9.35 Å². The molecule has 0 heterocycles. The molecule has 0 spiro atoms. The van der Waals surface area contributed by atoms with Crippen molar-refractivity contribution in [3.63, 3.8) is 0 Å². The molecule has 0 aliphatic rings. The van der Waals surface area contributed by atoms with Crippen molar-refractivity contribution in [2.24, 2.45) is 0 Å². The van der Waals surface area contributed by atoms with Gasteiger partial charge in [0.05, 0.1) is 4.92 Å². The summed E-state index contributed by atoms with van der Waals surface area (Å²) in [5.74, 6) is 0.632. The van der Waals surface area contributed by atoms with E-state index in [1.807, 2.05) is 0 Å². The van der Waals surface area contributed by atoms with Crippen LogP contribution in [0.1, 0.15) is 26.3 Å². The van der Waals surface area contributed by atoms with Gasteiger partial charge in [0.25, 0.3) is 5.69 Å². The Labute approximate surface area is 115 Å². The first-order valence-corrected chi connectivity index (χ1v) is 9.13. The lowest BCUT2D eigenvalue weighted by molar-refractivity contribution is -0.384. The molecule has 0 aromatic heterocycles. The predicted octanol–water partition coefficient (Wildman–Crippen LogP) is 4.59. The molecule has 0 radical (unpaired) electrons. The van der Waals surface area contributed by atoms with Gasteiger partial charge in [0.1, 0.15) is 5.76 Å². The molecular formula is C14H21NO3Si. The summed E-state index contributed by atoms with van der Waals surface area (Å²) in [6, 6.07) is 9.50. The quantitative estimate of drug-likeness (QED) is 0.317. The molecule has 19 heavy (non-hydrogen) atoms. The van der Waals surface area contributed by atoms with Gasteiger partial charge in [-0.05, 0) is 30.3 Å². The lowest BCUT2D eigenvalue weighted by Gasteiger charge is -2.30. The number of benzene rings is 1. The number of non-ortho nitro benzene ring substituents is 1. The summed E-state index contributed by atoms with van der Waals surface area (Å²) in [6.45, 7) is 10.4. The Balaban J connectivity index is 2.86. The maximum Gasteiger partial charge on any atom is 0.269 e. The van der Waals surface area contributed by atoms with E-state index in [-0.39, 0.29) is 5.69 Å². The van der Waals surface area contributed by atoms with Crippen molar-refractivity contribution in [3.05, 3.63) is 46.5 Å². The van der Waals surface area contributed by atoms with E-state index in [2.05, 4.69) is 27.4 Å². The highest BCUT2D eigenvalue weighted by Gasteiger charge is 2.31. The van der Waals surface area contributed by atoms with E-state index in [1.54, 1.807) is 12.1 Å². The summed E-state index contributed by atoms with van der Waals surface area (Å²) in [5, 5.41) is 10.6. The number of hydrogen-bond donors (Lipinski definition) is 0. The van der Waals surface area contributed by atoms with E-state index < -0.39 is 13.2 Å². The van der Waals surface area contributed by atoms with Crippen LogP contribution in [0.3, 0.4) is 0 Å². The largest absolute Gasteiger partial charge is 0.544 e. The lowest BCUT2D eigenvalue weighted by atomic mass is 10.2. The molecule has 0 fully saturated rings. The summed E-state index contributed by atoms with van der Waals surface area (Å²) in [7, 11) is -1.73.